The highest BCUT2D eigenvalue weighted by atomic mass is 19.1. The van der Waals surface area contributed by atoms with Gasteiger partial charge in [0.25, 0.3) is 5.56 Å². The number of ether oxygens (including phenoxy) is 1. The van der Waals surface area contributed by atoms with E-state index in [1.165, 1.54) is 6.07 Å². The first kappa shape index (κ1) is 29.4. The molecule has 228 valence electrons. The summed E-state index contributed by atoms with van der Waals surface area (Å²) in [7, 11) is 3.58. The Balaban J connectivity index is 1.21. The second kappa shape index (κ2) is 12.5. The monoisotopic (exact) mass is 586 g/mol. The maximum absolute atomic E-state index is 15.0. The molecule has 2 aliphatic heterocycles. The van der Waals surface area contributed by atoms with Crippen LogP contribution in [0.15, 0.2) is 71.7 Å². The number of hydrogen-bond acceptors (Lipinski definition) is 4. The van der Waals surface area contributed by atoms with Crippen LogP contribution in [0.25, 0.3) is 11.1 Å². The van der Waals surface area contributed by atoms with E-state index in [-0.39, 0.29) is 34.9 Å². The predicted molar refractivity (Wildman–Crippen MR) is 167 cm³/mol. The van der Waals surface area contributed by atoms with Gasteiger partial charge in [-0.3, -0.25) is 4.79 Å². The Morgan fingerprint density at radius 3 is 2.56 bits per heavy atom. The first-order valence-electron chi connectivity index (χ1n) is 15.7. The zero-order valence-electron chi connectivity index (χ0n) is 25.3. The largest absolute Gasteiger partial charge is 0.496 e. The second-order valence-electron chi connectivity index (χ2n) is 12.6. The number of carbonyl (C=O) groups is 1. The van der Waals surface area contributed by atoms with Crippen molar-refractivity contribution in [2.75, 3.05) is 33.8 Å². The highest BCUT2D eigenvalue weighted by Crippen LogP contribution is 2.49. The zero-order valence-corrected chi connectivity index (χ0v) is 25.3. The van der Waals surface area contributed by atoms with Crippen molar-refractivity contribution in [2.45, 2.75) is 63.6 Å². The van der Waals surface area contributed by atoms with Gasteiger partial charge in [-0.05, 0) is 74.2 Å². The molecule has 3 atom stereocenters. The maximum atomic E-state index is 15.0. The summed E-state index contributed by atoms with van der Waals surface area (Å²) in [6, 6.07) is 18.3. The van der Waals surface area contributed by atoms with E-state index < -0.39 is 0 Å². The number of urea groups is 1. The van der Waals surface area contributed by atoms with E-state index in [2.05, 4.69) is 5.32 Å². The van der Waals surface area contributed by atoms with Crippen LogP contribution in [-0.2, 0) is 6.54 Å². The van der Waals surface area contributed by atoms with Crippen LogP contribution in [0.4, 0.5) is 9.18 Å². The normalized spacial score (nSPS) is 23.5. The fraction of sp³-hybridized carbons (Fsp3) is 0.486. The fourth-order valence-corrected chi connectivity index (χ4v) is 7.92. The Hall–Kier alpha value is -3.65. The maximum Gasteiger partial charge on any atom is 0.320 e. The van der Waals surface area contributed by atoms with Crippen LogP contribution in [0.5, 0.6) is 5.75 Å². The van der Waals surface area contributed by atoms with Crippen LogP contribution in [0, 0.1) is 17.2 Å². The van der Waals surface area contributed by atoms with Gasteiger partial charge in [-0.15, -0.1) is 0 Å². The van der Waals surface area contributed by atoms with Gasteiger partial charge in [0.1, 0.15) is 11.6 Å². The number of halogens is 1. The molecule has 1 saturated carbocycles. The molecule has 1 aliphatic carbocycles. The van der Waals surface area contributed by atoms with Crippen molar-refractivity contribution in [2.24, 2.45) is 11.3 Å². The number of aromatic nitrogens is 1. The summed E-state index contributed by atoms with van der Waals surface area (Å²) in [5, 5.41) is 3.35. The lowest BCUT2D eigenvalue weighted by Gasteiger charge is -2.49. The molecule has 3 fully saturated rings. The molecule has 3 aliphatic rings. The van der Waals surface area contributed by atoms with E-state index in [0.717, 1.165) is 55.4 Å². The van der Waals surface area contributed by atoms with E-state index in [0.29, 0.717) is 44.1 Å². The summed E-state index contributed by atoms with van der Waals surface area (Å²) < 4.78 is 22.3. The topological polar surface area (TPSA) is 66.8 Å². The number of likely N-dealkylation sites (tertiary alicyclic amines) is 2. The van der Waals surface area contributed by atoms with Crippen LogP contribution in [-0.4, -0.2) is 60.2 Å². The number of nitrogens with one attached hydrogen (secondary N) is 1. The molecule has 8 heteroatoms. The summed E-state index contributed by atoms with van der Waals surface area (Å²) >= 11 is 0. The van der Waals surface area contributed by atoms with Gasteiger partial charge in [0, 0.05) is 55.6 Å². The summed E-state index contributed by atoms with van der Waals surface area (Å²) in [4.78, 5) is 31.4. The van der Waals surface area contributed by atoms with Gasteiger partial charge >= 0.3 is 6.03 Å². The molecule has 1 N–H and O–H groups in total. The number of rotatable bonds is 6. The van der Waals surface area contributed by atoms with Crippen molar-refractivity contribution < 1.29 is 13.9 Å². The number of benzene rings is 2. The van der Waals surface area contributed by atoms with E-state index in [1.54, 1.807) is 19.2 Å². The Labute approximate surface area is 253 Å². The van der Waals surface area contributed by atoms with Gasteiger partial charge in [0.2, 0.25) is 0 Å². The van der Waals surface area contributed by atoms with Gasteiger partial charge in [-0.25, -0.2) is 9.18 Å². The number of pyridine rings is 1. The van der Waals surface area contributed by atoms with E-state index in [1.807, 2.05) is 70.1 Å². The molecule has 0 unspecified atom stereocenters. The molecule has 1 aromatic heterocycles. The van der Waals surface area contributed by atoms with Crippen molar-refractivity contribution >= 4 is 6.03 Å². The van der Waals surface area contributed by atoms with Gasteiger partial charge in [0.05, 0.1) is 13.2 Å². The Kier molecular flexibility index (Phi) is 8.57. The molecule has 2 amide bonds. The van der Waals surface area contributed by atoms with Crippen molar-refractivity contribution in [3.8, 4) is 16.9 Å². The zero-order chi connectivity index (χ0) is 30.0. The van der Waals surface area contributed by atoms with Crippen LogP contribution in [0.2, 0.25) is 0 Å². The van der Waals surface area contributed by atoms with Crippen LogP contribution >= 0.6 is 0 Å². The fourth-order valence-electron chi connectivity index (χ4n) is 7.92. The van der Waals surface area contributed by atoms with Crippen LogP contribution in [0.3, 0.4) is 0 Å². The lowest BCUT2D eigenvalue weighted by molar-refractivity contribution is 0.0207. The lowest BCUT2D eigenvalue weighted by atomic mass is 9.69. The van der Waals surface area contributed by atoms with E-state index in [9.17, 15) is 14.0 Å². The molecular formula is C35H43FN4O3. The van der Waals surface area contributed by atoms with Gasteiger partial charge < -0.3 is 24.4 Å². The lowest BCUT2D eigenvalue weighted by Crippen LogP contribution is -2.57. The van der Waals surface area contributed by atoms with Crippen LogP contribution < -0.4 is 15.6 Å². The van der Waals surface area contributed by atoms with E-state index in [4.69, 9.17) is 4.74 Å². The molecule has 6 rings (SSSR count). The number of amides is 2. The van der Waals surface area contributed by atoms with Gasteiger partial charge in [0.15, 0.2) is 0 Å². The predicted octanol–water partition coefficient (Wildman–Crippen LogP) is 6.09. The number of para-hydroxylation sites is 1. The molecular weight excluding hydrogens is 543 g/mol. The van der Waals surface area contributed by atoms with Crippen molar-refractivity contribution in [3.63, 3.8) is 0 Å². The quantitative estimate of drug-likeness (QED) is 0.380. The summed E-state index contributed by atoms with van der Waals surface area (Å²) in [6.07, 6.45) is 8.72. The third-order valence-corrected chi connectivity index (χ3v) is 10.3. The summed E-state index contributed by atoms with van der Waals surface area (Å²) in [5.74, 6) is 0.801. The molecule has 2 saturated heterocycles. The number of methoxy groups -OCH3 is 1. The van der Waals surface area contributed by atoms with Crippen molar-refractivity contribution in [1.29, 1.82) is 0 Å². The second-order valence-corrected chi connectivity index (χ2v) is 12.6. The van der Waals surface area contributed by atoms with Crippen molar-refractivity contribution in [3.05, 3.63) is 88.6 Å². The summed E-state index contributed by atoms with van der Waals surface area (Å²) in [5.41, 5.74) is 2.32. The highest BCUT2D eigenvalue weighted by Gasteiger charge is 2.47. The van der Waals surface area contributed by atoms with Crippen LogP contribution in [0.1, 0.15) is 56.6 Å². The molecule has 3 aromatic rings. The number of hydrogen-bond donors (Lipinski definition) is 1. The minimum Gasteiger partial charge on any atom is -0.496 e. The first-order chi connectivity index (χ1) is 20.9. The van der Waals surface area contributed by atoms with Gasteiger partial charge in [-0.1, -0.05) is 49.2 Å². The highest BCUT2D eigenvalue weighted by molar-refractivity contribution is 5.75. The minimum atomic E-state index is -0.294. The molecule has 7 nitrogen and oxygen atoms in total. The van der Waals surface area contributed by atoms with Gasteiger partial charge in [-0.2, -0.15) is 0 Å². The van der Waals surface area contributed by atoms with E-state index >= 15 is 0 Å². The number of piperidine rings is 2. The Bertz CT molecular complexity index is 1500. The number of nitrogens with zero attached hydrogens (tertiary/aromatic N) is 3. The smallest absolute Gasteiger partial charge is 0.320 e. The molecule has 3 heterocycles. The standard InChI is InChI=1S/C35H43FN4O3/c1-37-27-15-20-40(31(22-27)29-10-3-5-11-30(29)36)34(42)39-19-14-26(35(24-39)16-7-8-17-35)23-38-18-13-25(21-33(38)41)28-9-4-6-12-32(28)43-2/h3-6,9-13,18,21,26-27,31,37H,7-8,14-17,19-20,22-24H2,1-2H3/t26-,27+,31-/m0/s1. The first-order valence-corrected chi connectivity index (χ1v) is 15.7. The molecule has 0 bridgehead atoms. The minimum absolute atomic E-state index is 0.00847. The number of carbonyl (C=O) groups excluding carboxylic acids is 1. The molecule has 0 radical (unpaired) electrons. The SMILES string of the molecule is CN[C@@H]1CCN(C(=O)N2CC[C@@H](Cn3ccc(-c4ccccc4OC)cc3=O)C3(CCCC3)C2)[C@H](c2ccccc2F)C1. The molecule has 1 spiro atoms. The molecule has 43 heavy (non-hydrogen) atoms. The summed E-state index contributed by atoms with van der Waals surface area (Å²) in [6.45, 7) is 2.60. The average Bonchev–Trinajstić information content (AvgIpc) is 3.51. The van der Waals surface area contributed by atoms with Crippen molar-refractivity contribution in [1.82, 2.24) is 19.7 Å². The molecule has 2 aromatic carbocycles. The third kappa shape index (κ3) is 5.81. The Morgan fingerprint density at radius 2 is 1.81 bits per heavy atom. The third-order valence-electron chi connectivity index (χ3n) is 10.3. The average molecular weight is 587 g/mol. The Morgan fingerprint density at radius 1 is 1.05 bits per heavy atom.